The number of nitro benzene ring substituents is 1. The van der Waals surface area contributed by atoms with Crippen molar-refractivity contribution in [3.63, 3.8) is 0 Å². The molecule has 0 spiro atoms. The average Bonchev–Trinajstić information content (AvgIpc) is 3.21. The van der Waals surface area contributed by atoms with Crippen molar-refractivity contribution in [2.24, 2.45) is 0 Å². The first-order valence-electron chi connectivity index (χ1n) is 8.92. The second-order valence-corrected chi connectivity index (χ2v) is 6.37. The summed E-state index contributed by atoms with van der Waals surface area (Å²) in [5.41, 5.74) is 0.652. The van der Waals surface area contributed by atoms with E-state index in [2.05, 4.69) is 4.98 Å². The Morgan fingerprint density at radius 1 is 1.20 bits per heavy atom. The van der Waals surface area contributed by atoms with Crippen LogP contribution in [-0.2, 0) is 22.6 Å². The first-order chi connectivity index (χ1) is 14.5. The summed E-state index contributed by atoms with van der Waals surface area (Å²) in [7, 11) is 0. The summed E-state index contributed by atoms with van der Waals surface area (Å²) >= 11 is 0. The first-order valence-corrected chi connectivity index (χ1v) is 8.92. The second-order valence-electron chi connectivity index (χ2n) is 6.37. The Labute approximate surface area is 169 Å². The molecular weight excluding hydrogens is 399 g/mol. The Bertz CT molecular complexity index is 1110. The Hall–Kier alpha value is -3.95. The van der Waals surface area contributed by atoms with Gasteiger partial charge in [-0.3, -0.25) is 14.9 Å². The minimum Gasteiger partial charge on any atom is -0.486 e. The smallest absolute Gasteiger partial charge is 0.310 e. The molecule has 4 rings (SSSR count). The molecule has 0 fully saturated rings. The number of ether oxygens (including phenoxy) is 3. The highest BCUT2D eigenvalue weighted by Gasteiger charge is 2.24. The van der Waals surface area contributed by atoms with E-state index in [-0.39, 0.29) is 35.9 Å². The molecule has 30 heavy (non-hydrogen) atoms. The lowest BCUT2D eigenvalue weighted by molar-refractivity contribution is -0.385. The van der Waals surface area contributed by atoms with Gasteiger partial charge in [-0.2, -0.15) is 0 Å². The van der Waals surface area contributed by atoms with Crippen molar-refractivity contribution in [2.45, 2.75) is 13.0 Å². The number of carbonyl (C=O) groups is 1. The molecule has 0 N–H and O–H groups in total. The van der Waals surface area contributed by atoms with Crippen LogP contribution in [0.25, 0.3) is 11.5 Å². The lowest BCUT2D eigenvalue weighted by Crippen LogP contribution is -2.16. The number of benzene rings is 2. The third-order valence-corrected chi connectivity index (χ3v) is 4.28. The number of aromatic nitrogens is 1. The van der Waals surface area contributed by atoms with Gasteiger partial charge in [0.2, 0.25) is 5.89 Å². The van der Waals surface area contributed by atoms with Gasteiger partial charge in [0.1, 0.15) is 37.6 Å². The maximum atomic E-state index is 13.3. The van der Waals surface area contributed by atoms with Crippen LogP contribution in [0.1, 0.15) is 11.3 Å². The number of nitrogens with zero attached hydrogens (tertiary/aromatic N) is 2. The van der Waals surface area contributed by atoms with E-state index in [1.807, 2.05) is 0 Å². The molecule has 2 heterocycles. The van der Waals surface area contributed by atoms with E-state index in [1.165, 1.54) is 36.6 Å². The zero-order valence-corrected chi connectivity index (χ0v) is 15.5. The Kier molecular flexibility index (Phi) is 5.29. The third-order valence-electron chi connectivity index (χ3n) is 4.28. The predicted octanol–water partition coefficient (Wildman–Crippen LogP) is 3.45. The van der Waals surface area contributed by atoms with Crippen molar-refractivity contribution < 1.29 is 32.7 Å². The molecule has 0 saturated heterocycles. The van der Waals surface area contributed by atoms with Gasteiger partial charge >= 0.3 is 5.97 Å². The molecule has 2 aromatic carbocycles. The van der Waals surface area contributed by atoms with Crippen molar-refractivity contribution in [3.8, 4) is 23.0 Å². The van der Waals surface area contributed by atoms with Crippen molar-refractivity contribution in [3.05, 3.63) is 69.9 Å². The predicted molar refractivity (Wildman–Crippen MR) is 99.5 cm³/mol. The molecule has 1 aliphatic heterocycles. The van der Waals surface area contributed by atoms with Crippen molar-refractivity contribution in [2.75, 3.05) is 13.2 Å². The molecule has 9 nitrogen and oxygen atoms in total. The minimum absolute atomic E-state index is 0.148. The van der Waals surface area contributed by atoms with Crippen LogP contribution in [0, 0.1) is 15.9 Å². The first kappa shape index (κ1) is 19.4. The highest BCUT2D eigenvalue weighted by atomic mass is 19.1. The van der Waals surface area contributed by atoms with Crippen LogP contribution in [0.5, 0.6) is 11.5 Å². The number of carbonyl (C=O) groups excluding carboxylic acids is 1. The van der Waals surface area contributed by atoms with Crippen LogP contribution in [0.3, 0.4) is 0 Å². The number of hydrogen-bond donors (Lipinski definition) is 0. The molecule has 3 aromatic rings. The van der Waals surface area contributed by atoms with Gasteiger partial charge in [-0.15, -0.1) is 0 Å². The summed E-state index contributed by atoms with van der Waals surface area (Å²) in [6.45, 7) is 0.408. The molecule has 0 saturated carbocycles. The number of nitro groups is 1. The number of fused-ring (bicyclic) bond motifs is 1. The molecule has 10 heteroatoms. The van der Waals surface area contributed by atoms with Crippen LogP contribution in [0.2, 0.25) is 0 Å². The summed E-state index contributed by atoms with van der Waals surface area (Å²) in [4.78, 5) is 27.1. The van der Waals surface area contributed by atoms with Gasteiger partial charge in [0.05, 0.1) is 17.4 Å². The summed E-state index contributed by atoms with van der Waals surface area (Å²) in [6.07, 6.45) is 0.960. The summed E-state index contributed by atoms with van der Waals surface area (Å²) < 4.78 is 34.5. The highest BCUT2D eigenvalue weighted by Crippen LogP contribution is 2.36. The second kappa shape index (κ2) is 8.19. The van der Waals surface area contributed by atoms with Gasteiger partial charge in [-0.25, -0.2) is 9.37 Å². The van der Waals surface area contributed by atoms with Gasteiger partial charge in [0.15, 0.2) is 11.5 Å². The fourth-order valence-corrected chi connectivity index (χ4v) is 2.92. The number of esters is 1. The lowest BCUT2D eigenvalue weighted by Gasteiger charge is -2.18. The van der Waals surface area contributed by atoms with Crippen LogP contribution >= 0.6 is 0 Å². The molecule has 0 radical (unpaired) electrons. The van der Waals surface area contributed by atoms with Crippen molar-refractivity contribution in [1.29, 1.82) is 0 Å². The van der Waals surface area contributed by atoms with E-state index in [9.17, 15) is 19.3 Å². The van der Waals surface area contributed by atoms with Gasteiger partial charge in [0, 0.05) is 11.1 Å². The molecule has 0 amide bonds. The van der Waals surface area contributed by atoms with Crippen LogP contribution in [0.15, 0.2) is 47.1 Å². The fourth-order valence-electron chi connectivity index (χ4n) is 2.92. The molecule has 0 atom stereocenters. The average molecular weight is 414 g/mol. The van der Waals surface area contributed by atoms with E-state index in [4.69, 9.17) is 18.6 Å². The normalized spacial score (nSPS) is 12.4. The molecule has 0 bridgehead atoms. The van der Waals surface area contributed by atoms with E-state index < -0.39 is 16.7 Å². The monoisotopic (exact) mass is 414 g/mol. The summed E-state index contributed by atoms with van der Waals surface area (Å²) in [6, 6.07) is 8.36. The highest BCUT2D eigenvalue weighted by molar-refractivity contribution is 5.75. The van der Waals surface area contributed by atoms with Gasteiger partial charge < -0.3 is 18.6 Å². The minimum atomic E-state index is -0.690. The van der Waals surface area contributed by atoms with Crippen molar-refractivity contribution in [1.82, 2.24) is 4.98 Å². The zero-order chi connectivity index (χ0) is 21.1. The molecule has 0 aliphatic carbocycles. The van der Waals surface area contributed by atoms with Gasteiger partial charge in [-0.05, 0) is 24.3 Å². The molecule has 154 valence electrons. The number of hydrogen-bond acceptors (Lipinski definition) is 8. The SMILES string of the molecule is O=C(Cc1cc2c(cc1[N+](=O)[O-])OCCO2)OCc1coc(-c2cccc(F)c2)n1. The van der Waals surface area contributed by atoms with Crippen LogP contribution < -0.4 is 9.47 Å². The summed E-state index contributed by atoms with van der Waals surface area (Å²) in [5.74, 6) is -0.337. The standard InChI is InChI=1S/C20H15FN2O7/c21-14-3-1-2-12(6-14)20-22-15(11-30-20)10-29-19(24)8-13-7-17-18(28-5-4-27-17)9-16(13)23(25)26/h1-3,6-7,9,11H,4-5,8,10H2. The maximum absolute atomic E-state index is 13.3. The largest absolute Gasteiger partial charge is 0.486 e. The van der Waals surface area contributed by atoms with Crippen molar-refractivity contribution >= 4 is 11.7 Å². The number of rotatable bonds is 6. The third kappa shape index (κ3) is 4.22. The molecular formula is C20H15FN2O7. The topological polar surface area (TPSA) is 114 Å². The Morgan fingerprint density at radius 2 is 1.97 bits per heavy atom. The van der Waals surface area contributed by atoms with E-state index >= 15 is 0 Å². The van der Waals surface area contributed by atoms with E-state index in [0.717, 1.165) is 0 Å². The van der Waals surface area contributed by atoms with Gasteiger partial charge in [0.25, 0.3) is 5.69 Å². The Morgan fingerprint density at radius 3 is 2.70 bits per heavy atom. The van der Waals surface area contributed by atoms with Gasteiger partial charge in [-0.1, -0.05) is 6.07 Å². The van der Waals surface area contributed by atoms with Crippen LogP contribution in [-0.4, -0.2) is 29.1 Å². The molecule has 1 aliphatic rings. The molecule has 0 unspecified atom stereocenters. The maximum Gasteiger partial charge on any atom is 0.310 e. The number of oxazole rings is 1. The number of halogens is 1. The quantitative estimate of drug-likeness (QED) is 0.342. The lowest BCUT2D eigenvalue weighted by atomic mass is 10.1. The molecule has 1 aromatic heterocycles. The van der Waals surface area contributed by atoms with Crippen LogP contribution in [0.4, 0.5) is 10.1 Å². The summed E-state index contributed by atoms with van der Waals surface area (Å²) in [5, 5.41) is 11.3. The van der Waals surface area contributed by atoms with E-state index in [1.54, 1.807) is 6.07 Å². The zero-order valence-electron chi connectivity index (χ0n) is 15.5. The Balaban J connectivity index is 1.42. The fraction of sp³-hybridized carbons (Fsp3) is 0.200. The van der Waals surface area contributed by atoms with E-state index in [0.29, 0.717) is 30.2 Å².